The third kappa shape index (κ3) is 4.02. The van der Waals surface area contributed by atoms with Gasteiger partial charge in [-0.25, -0.2) is 4.98 Å². The van der Waals surface area contributed by atoms with E-state index in [0.717, 1.165) is 85.5 Å². The van der Waals surface area contributed by atoms with Gasteiger partial charge >= 0.3 is 0 Å². The lowest BCUT2D eigenvalue weighted by molar-refractivity contribution is 0.122. The second kappa shape index (κ2) is 8.94. The SMILES string of the molecule is O=c1[nH]c2ccc(Cl)cc2c(NC2CCCNC2)c1-c1nc2cc(N3CCOCC3)ccc2[nH]1. The topological polar surface area (TPSA) is 98.1 Å². The van der Waals surface area contributed by atoms with E-state index in [0.29, 0.717) is 16.4 Å². The van der Waals surface area contributed by atoms with E-state index in [-0.39, 0.29) is 11.6 Å². The zero-order chi connectivity index (χ0) is 23.1. The molecule has 9 heteroatoms. The van der Waals surface area contributed by atoms with E-state index < -0.39 is 0 Å². The first kappa shape index (κ1) is 21.5. The van der Waals surface area contributed by atoms with Gasteiger partial charge in [-0.15, -0.1) is 0 Å². The molecule has 176 valence electrons. The van der Waals surface area contributed by atoms with E-state index in [1.54, 1.807) is 6.07 Å². The average molecular weight is 479 g/mol. The number of anilines is 2. The second-order valence-corrected chi connectivity index (χ2v) is 9.40. The van der Waals surface area contributed by atoms with Gasteiger partial charge in [0.15, 0.2) is 0 Å². The first-order valence-electron chi connectivity index (χ1n) is 11.8. The molecule has 1 unspecified atom stereocenters. The van der Waals surface area contributed by atoms with Crippen LogP contribution < -0.4 is 21.1 Å². The fraction of sp³-hybridized carbons (Fsp3) is 0.360. The van der Waals surface area contributed by atoms with Crippen LogP contribution in [0.5, 0.6) is 0 Å². The molecule has 0 aliphatic carbocycles. The van der Waals surface area contributed by atoms with Crippen molar-refractivity contribution in [2.45, 2.75) is 18.9 Å². The number of rotatable bonds is 4. The molecular weight excluding hydrogens is 452 g/mol. The molecule has 2 aromatic heterocycles. The number of imidazole rings is 1. The van der Waals surface area contributed by atoms with Crippen LogP contribution in [-0.2, 0) is 4.74 Å². The summed E-state index contributed by atoms with van der Waals surface area (Å²) in [4.78, 5) is 26.9. The molecule has 0 bridgehead atoms. The molecule has 4 aromatic rings. The largest absolute Gasteiger partial charge is 0.380 e. The molecule has 2 aliphatic heterocycles. The second-order valence-electron chi connectivity index (χ2n) is 8.97. The van der Waals surface area contributed by atoms with Crippen LogP contribution in [0.2, 0.25) is 5.02 Å². The Morgan fingerprint density at radius 3 is 2.76 bits per heavy atom. The smallest absolute Gasteiger partial charge is 0.261 e. The normalized spacial score (nSPS) is 19.1. The van der Waals surface area contributed by atoms with Gasteiger partial charge in [0, 0.05) is 41.8 Å². The van der Waals surface area contributed by atoms with Crippen molar-refractivity contribution in [1.82, 2.24) is 20.3 Å². The van der Waals surface area contributed by atoms with Crippen LogP contribution in [0.15, 0.2) is 41.2 Å². The quantitative estimate of drug-likeness (QED) is 0.357. The first-order chi connectivity index (χ1) is 16.7. The van der Waals surface area contributed by atoms with Crippen LogP contribution >= 0.6 is 11.6 Å². The fourth-order valence-electron chi connectivity index (χ4n) is 4.95. The molecule has 6 rings (SSSR count). The zero-order valence-electron chi connectivity index (χ0n) is 18.8. The van der Waals surface area contributed by atoms with Crippen LogP contribution in [0.25, 0.3) is 33.3 Å². The van der Waals surface area contributed by atoms with Gasteiger partial charge in [-0.05, 0) is 55.8 Å². The number of H-pyrrole nitrogens is 2. The summed E-state index contributed by atoms with van der Waals surface area (Å²) in [5, 5.41) is 8.58. The number of hydrogen-bond donors (Lipinski definition) is 4. The number of pyridine rings is 1. The number of fused-ring (bicyclic) bond motifs is 2. The number of piperidine rings is 1. The molecule has 0 amide bonds. The Hall–Kier alpha value is -3.07. The Bertz CT molecular complexity index is 1400. The third-order valence-electron chi connectivity index (χ3n) is 6.70. The van der Waals surface area contributed by atoms with E-state index >= 15 is 0 Å². The molecule has 0 saturated carbocycles. The molecule has 34 heavy (non-hydrogen) atoms. The molecule has 4 heterocycles. The highest BCUT2D eigenvalue weighted by Gasteiger charge is 2.22. The summed E-state index contributed by atoms with van der Waals surface area (Å²) in [6.07, 6.45) is 2.12. The molecule has 2 aliphatic rings. The number of ether oxygens (including phenoxy) is 1. The predicted octanol–water partition coefficient (Wildman–Crippen LogP) is 3.73. The Kier molecular flexibility index (Phi) is 5.64. The summed E-state index contributed by atoms with van der Waals surface area (Å²) in [5.41, 5.74) is 4.66. The maximum absolute atomic E-state index is 13.3. The third-order valence-corrected chi connectivity index (χ3v) is 6.94. The number of nitrogens with zero attached hydrogens (tertiary/aromatic N) is 2. The van der Waals surface area contributed by atoms with Crippen LogP contribution in [0, 0.1) is 0 Å². The van der Waals surface area contributed by atoms with Crippen molar-refractivity contribution in [3.8, 4) is 11.4 Å². The van der Waals surface area contributed by atoms with E-state index in [2.05, 4.69) is 37.6 Å². The Labute approximate surface area is 201 Å². The minimum absolute atomic E-state index is 0.187. The van der Waals surface area contributed by atoms with Crippen LogP contribution in [0.3, 0.4) is 0 Å². The maximum Gasteiger partial charge on any atom is 0.261 e. The van der Waals surface area contributed by atoms with Crippen molar-refractivity contribution in [3.05, 3.63) is 51.8 Å². The standard InChI is InChI=1S/C25H27ClN6O2/c26-15-3-5-19-18(12-15)23(28-16-2-1-7-27-14-16)22(25(33)31-19)24-29-20-6-4-17(13-21(20)30-24)32-8-10-34-11-9-32/h3-6,12-13,16,27H,1-2,7-11,14H2,(H,29,30)(H2,28,31,33). The molecule has 8 nitrogen and oxygen atoms in total. The van der Waals surface area contributed by atoms with Crippen LogP contribution in [-0.4, -0.2) is 60.4 Å². The lowest BCUT2D eigenvalue weighted by Crippen LogP contribution is -2.38. The van der Waals surface area contributed by atoms with E-state index in [9.17, 15) is 4.79 Å². The van der Waals surface area contributed by atoms with Crippen molar-refractivity contribution in [2.75, 3.05) is 49.6 Å². The Morgan fingerprint density at radius 2 is 1.94 bits per heavy atom. The Balaban J connectivity index is 1.48. The molecule has 4 N–H and O–H groups in total. The number of morpholine rings is 1. The van der Waals surface area contributed by atoms with Crippen LogP contribution in [0.1, 0.15) is 12.8 Å². The highest BCUT2D eigenvalue weighted by atomic mass is 35.5. The number of hydrogen-bond acceptors (Lipinski definition) is 6. The van der Waals surface area contributed by atoms with Gasteiger partial charge < -0.3 is 30.2 Å². The van der Waals surface area contributed by atoms with Gasteiger partial charge in [-0.1, -0.05) is 11.6 Å². The summed E-state index contributed by atoms with van der Waals surface area (Å²) >= 11 is 6.36. The van der Waals surface area contributed by atoms with Crippen molar-refractivity contribution < 1.29 is 4.74 Å². The average Bonchev–Trinajstić information content (AvgIpc) is 3.28. The zero-order valence-corrected chi connectivity index (χ0v) is 19.5. The number of halogens is 1. The molecule has 2 saturated heterocycles. The van der Waals surface area contributed by atoms with Gasteiger partial charge in [0.1, 0.15) is 11.4 Å². The number of benzene rings is 2. The summed E-state index contributed by atoms with van der Waals surface area (Å²) < 4.78 is 5.48. The Morgan fingerprint density at radius 1 is 1.09 bits per heavy atom. The molecule has 0 spiro atoms. The molecular formula is C25H27ClN6O2. The first-order valence-corrected chi connectivity index (χ1v) is 12.2. The molecule has 2 fully saturated rings. The lowest BCUT2D eigenvalue weighted by atomic mass is 10.0. The lowest BCUT2D eigenvalue weighted by Gasteiger charge is -2.28. The molecule has 2 aromatic carbocycles. The summed E-state index contributed by atoms with van der Waals surface area (Å²) in [6.45, 7) is 5.03. The summed E-state index contributed by atoms with van der Waals surface area (Å²) in [6, 6.07) is 11.9. The number of aromatic amines is 2. The van der Waals surface area contributed by atoms with E-state index in [1.807, 2.05) is 18.2 Å². The van der Waals surface area contributed by atoms with Crippen molar-refractivity contribution >= 4 is 44.9 Å². The fourth-order valence-corrected chi connectivity index (χ4v) is 5.12. The monoisotopic (exact) mass is 478 g/mol. The minimum Gasteiger partial charge on any atom is -0.380 e. The van der Waals surface area contributed by atoms with Gasteiger partial charge in [0.25, 0.3) is 5.56 Å². The highest BCUT2D eigenvalue weighted by molar-refractivity contribution is 6.31. The molecule has 0 radical (unpaired) electrons. The van der Waals surface area contributed by atoms with Gasteiger partial charge in [0.05, 0.1) is 35.5 Å². The van der Waals surface area contributed by atoms with Crippen LogP contribution in [0.4, 0.5) is 11.4 Å². The highest BCUT2D eigenvalue weighted by Crippen LogP contribution is 2.34. The summed E-state index contributed by atoms with van der Waals surface area (Å²) in [5.74, 6) is 0.545. The predicted molar refractivity (Wildman–Crippen MR) is 137 cm³/mol. The van der Waals surface area contributed by atoms with Gasteiger partial charge in [-0.2, -0.15) is 0 Å². The van der Waals surface area contributed by atoms with Crippen molar-refractivity contribution in [3.63, 3.8) is 0 Å². The van der Waals surface area contributed by atoms with E-state index in [1.165, 1.54) is 0 Å². The molecule has 1 atom stereocenters. The summed E-state index contributed by atoms with van der Waals surface area (Å²) in [7, 11) is 0. The van der Waals surface area contributed by atoms with E-state index in [4.69, 9.17) is 21.3 Å². The number of aromatic nitrogens is 3. The number of nitrogens with one attached hydrogen (secondary N) is 4. The minimum atomic E-state index is -0.187. The van der Waals surface area contributed by atoms with Gasteiger partial charge in [-0.3, -0.25) is 4.79 Å². The van der Waals surface area contributed by atoms with Gasteiger partial charge in [0.2, 0.25) is 0 Å². The maximum atomic E-state index is 13.3. The van der Waals surface area contributed by atoms with Crippen molar-refractivity contribution in [2.24, 2.45) is 0 Å². The van der Waals surface area contributed by atoms with Crippen molar-refractivity contribution in [1.29, 1.82) is 0 Å².